The predicted molar refractivity (Wildman–Crippen MR) is 50.6 cm³/mol. The largest absolute Gasteiger partial charge is 0.0654 e. The van der Waals surface area contributed by atoms with Gasteiger partial charge in [0.25, 0.3) is 0 Å². The van der Waals surface area contributed by atoms with Gasteiger partial charge >= 0.3 is 0 Å². The van der Waals surface area contributed by atoms with Gasteiger partial charge in [0.1, 0.15) is 0 Å². The van der Waals surface area contributed by atoms with Gasteiger partial charge in [0.2, 0.25) is 0 Å². The first-order valence-corrected chi connectivity index (χ1v) is 4.94. The van der Waals surface area contributed by atoms with Crippen LogP contribution in [0.15, 0.2) is 0 Å². The first-order chi connectivity index (χ1) is 4.94. The highest BCUT2D eigenvalue weighted by Gasteiger charge is 2.53. The SMILES string of the molecule is CCCC1(C)C(C)CC1(C)C. The van der Waals surface area contributed by atoms with E-state index in [-0.39, 0.29) is 0 Å². The average Bonchev–Trinajstić information content (AvgIpc) is 1.87. The van der Waals surface area contributed by atoms with Crippen molar-refractivity contribution in [3.8, 4) is 0 Å². The topological polar surface area (TPSA) is 0 Å². The van der Waals surface area contributed by atoms with Gasteiger partial charge in [-0.2, -0.15) is 0 Å². The van der Waals surface area contributed by atoms with Gasteiger partial charge in [0.15, 0.2) is 0 Å². The van der Waals surface area contributed by atoms with Gasteiger partial charge in [-0.15, -0.1) is 0 Å². The zero-order chi connectivity index (χ0) is 8.70. The molecule has 0 spiro atoms. The third-order valence-corrected chi connectivity index (χ3v) is 4.22. The molecule has 2 atom stereocenters. The Morgan fingerprint density at radius 2 is 1.82 bits per heavy atom. The van der Waals surface area contributed by atoms with E-state index in [9.17, 15) is 0 Å². The lowest BCUT2D eigenvalue weighted by atomic mass is 9.45. The first kappa shape index (κ1) is 9.09. The van der Waals surface area contributed by atoms with Crippen LogP contribution in [-0.4, -0.2) is 0 Å². The molecule has 0 aromatic carbocycles. The Hall–Kier alpha value is 0. The standard InChI is InChI=1S/C11H22/c1-6-7-11(5)9(2)8-10(11,3)4/h9H,6-8H2,1-5H3. The molecule has 0 N–H and O–H groups in total. The fourth-order valence-corrected chi connectivity index (χ4v) is 2.86. The van der Waals surface area contributed by atoms with E-state index < -0.39 is 0 Å². The van der Waals surface area contributed by atoms with Crippen LogP contribution >= 0.6 is 0 Å². The summed E-state index contributed by atoms with van der Waals surface area (Å²) in [5, 5.41) is 0. The van der Waals surface area contributed by atoms with Crippen LogP contribution in [0.2, 0.25) is 0 Å². The van der Waals surface area contributed by atoms with E-state index in [2.05, 4.69) is 34.6 Å². The maximum Gasteiger partial charge on any atom is -0.0249 e. The third kappa shape index (κ3) is 1.11. The monoisotopic (exact) mass is 154 g/mol. The molecule has 1 fully saturated rings. The fourth-order valence-electron chi connectivity index (χ4n) is 2.86. The first-order valence-electron chi connectivity index (χ1n) is 4.94. The summed E-state index contributed by atoms with van der Waals surface area (Å²) in [4.78, 5) is 0. The van der Waals surface area contributed by atoms with Crippen molar-refractivity contribution in [2.24, 2.45) is 16.7 Å². The van der Waals surface area contributed by atoms with E-state index in [1.807, 2.05) is 0 Å². The second-order valence-electron chi connectivity index (χ2n) is 5.16. The molecular formula is C11H22. The molecular weight excluding hydrogens is 132 g/mol. The van der Waals surface area contributed by atoms with Crippen molar-refractivity contribution in [3.63, 3.8) is 0 Å². The van der Waals surface area contributed by atoms with Crippen molar-refractivity contribution < 1.29 is 0 Å². The minimum atomic E-state index is 0.600. The van der Waals surface area contributed by atoms with E-state index in [0.717, 1.165) is 5.92 Å². The third-order valence-electron chi connectivity index (χ3n) is 4.22. The molecule has 1 aliphatic rings. The Morgan fingerprint density at radius 3 is 2.00 bits per heavy atom. The van der Waals surface area contributed by atoms with Crippen molar-refractivity contribution in [1.82, 2.24) is 0 Å². The summed E-state index contributed by atoms with van der Waals surface area (Å²) >= 11 is 0. The lowest BCUT2D eigenvalue weighted by Gasteiger charge is -2.60. The van der Waals surface area contributed by atoms with E-state index >= 15 is 0 Å². The molecule has 0 heteroatoms. The van der Waals surface area contributed by atoms with Crippen molar-refractivity contribution >= 4 is 0 Å². The van der Waals surface area contributed by atoms with Gasteiger partial charge in [-0.1, -0.05) is 41.0 Å². The molecule has 0 bridgehead atoms. The van der Waals surface area contributed by atoms with Crippen molar-refractivity contribution in [2.75, 3.05) is 0 Å². The summed E-state index contributed by atoms with van der Waals surface area (Å²) in [5.74, 6) is 0.942. The summed E-state index contributed by atoms with van der Waals surface area (Å²) in [7, 11) is 0. The minimum Gasteiger partial charge on any atom is -0.0654 e. The molecule has 0 heterocycles. The van der Waals surface area contributed by atoms with Crippen LogP contribution in [0, 0.1) is 16.7 Å². The molecule has 0 aromatic heterocycles. The molecule has 0 amide bonds. The van der Waals surface area contributed by atoms with E-state index in [4.69, 9.17) is 0 Å². The van der Waals surface area contributed by atoms with Gasteiger partial charge in [0.05, 0.1) is 0 Å². The van der Waals surface area contributed by atoms with Crippen LogP contribution in [0.3, 0.4) is 0 Å². The highest BCUT2D eigenvalue weighted by Crippen LogP contribution is 2.62. The Balaban J connectivity index is 2.66. The molecule has 0 saturated heterocycles. The predicted octanol–water partition coefficient (Wildman–Crippen LogP) is 3.86. The zero-order valence-corrected chi connectivity index (χ0v) is 8.70. The summed E-state index contributed by atoms with van der Waals surface area (Å²) in [5.41, 5.74) is 1.23. The second kappa shape index (κ2) is 2.50. The van der Waals surface area contributed by atoms with E-state index in [1.165, 1.54) is 19.3 Å². The number of hydrogen-bond acceptors (Lipinski definition) is 0. The van der Waals surface area contributed by atoms with Crippen molar-refractivity contribution in [1.29, 1.82) is 0 Å². The quantitative estimate of drug-likeness (QED) is 0.566. The van der Waals surface area contributed by atoms with E-state index in [0.29, 0.717) is 10.8 Å². The van der Waals surface area contributed by atoms with E-state index in [1.54, 1.807) is 0 Å². The lowest BCUT2D eigenvalue weighted by molar-refractivity contribution is -0.106. The molecule has 1 aliphatic carbocycles. The summed E-state index contributed by atoms with van der Waals surface area (Å²) in [6, 6.07) is 0. The summed E-state index contributed by atoms with van der Waals surface area (Å²) in [6.07, 6.45) is 4.16. The van der Waals surface area contributed by atoms with Crippen LogP contribution in [0.25, 0.3) is 0 Å². The Labute approximate surface area is 71.4 Å². The molecule has 2 unspecified atom stereocenters. The molecule has 1 saturated carbocycles. The molecule has 0 aromatic rings. The Morgan fingerprint density at radius 1 is 1.27 bits per heavy atom. The Bertz CT molecular complexity index is 146. The second-order valence-corrected chi connectivity index (χ2v) is 5.16. The normalized spacial score (nSPS) is 41.7. The molecule has 0 radical (unpaired) electrons. The molecule has 11 heavy (non-hydrogen) atoms. The van der Waals surface area contributed by atoms with Crippen LogP contribution in [0.1, 0.15) is 53.9 Å². The van der Waals surface area contributed by atoms with Crippen molar-refractivity contribution in [2.45, 2.75) is 53.9 Å². The summed E-state index contributed by atoms with van der Waals surface area (Å²) in [6.45, 7) is 12.0. The summed E-state index contributed by atoms with van der Waals surface area (Å²) < 4.78 is 0. The smallest absolute Gasteiger partial charge is 0.0249 e. The lowest BCUT2D eigenvalue weighted by Crippen LogP contribution is -2.51. The molecule has 0 aliphatic heterocycles. The minimum absolute atomic E-state index is 0.600. The zero-order valence-electron chi connectivity index (χ0n) is 8.70. The van der Waals surface area contributed by atoms with Crippen LogP contribution in [0.4, 0.5) is 0 Å². The maximum absolute atomic E-state index is 2.46. The molecule has 1 rings (SSSR count). The van der Waals surface area contributed by atoms with Gasteiger partial charge in [0, 0.05) is 0 Å². The van der Waals surface area contributed by atoms with Crippen molar-refractivity contribution in [3.05, 3.63) is 0 Å². The molecule has 66 valence electrons. The van der Waals surface area contributed by atoms with Gasteiger partial charge in [-0.25, -0.2) is 0 Å². The highest BCUT2D eigenvalue weighted by molar-refractivity contribution is 5.02. The Kier molecular flexibility index (Phi) is 2.07. The van der Waals surface area contributed by atoms with Gasteiger partial charge in [-0.05, 0) is 29.6 Å². The fraction of sp³-hybridized carbons (Fsp3) is 1.00. The van der Waals surface area contributed by atoms with Crippen LogP contribution < -0.4 is 0 Å². The van der Waals surface area contributed by atoms with Crippen LogP contribution in [-0.2, 0) is 0 Å². The van der Waals surface area contributed by atoms with Gasteiger partial charge in [-0.3, -0.25) is 0 Å². The molecule has 0 nitrogen and oxygen atoms in total. The maximum atomic E-state index is 2.46. The van der Waals surface area contributed by atoms with Crippen LogP contribution in [0.5, 0.6) is 0 Å². The highest BCUT2D eigenvalue weighted by atomic mass is 14.6. The van der Waals surface area contributed by atoms with Gasteiger partial charge < -0.3 is 0 Å². The number of rotatable bonds is 2. The number of hydrogen-bond donors (Lipinski definition) is 0. The average molecular weight is 154 g/mol.